The Bertz CT molecular complexity index is 1330. The van der Waals surface area contributed by atoms with Crippen LogP contribution < -0.4 is 5.32 Å². The number of benzene rings is 1. The number of ether oxygens (including phenoxy) is 1. The third kappa shape index (κ3) is 3.88. The van der Waals surface area contributed by atoms with Gasteiger partial charge in [-0.05, 0) is 76.1 Å². The van der Waals surface area contributed by atoms with Crippen LogP contribution in [0.3, 0.4) is 0 Å². The standard InChI is InChI=1S/C26H27ClN6O2/c1-26(8-2-9-26)35-25(34)33-17-4-5-18(33)13-19(12-17)32-10-7-20-23(15-29-31-24(20)32)30-22-6-3-16(14-28)11-21(22)27/h3,6-7,10-11,15,17-19H,2,4-5,8-9,12-13H2,1H3,(H,30,31)/t17-,18-/m0/s1. The van der Waals surface area contributed by atoms with Crippen molar-refractivity contribution >= 4 is 40.1 Å². The van der Waals surface area contributed by atoms with Gasteiger partial charge in [0, 0.05) is 29.7 Å². The van der Waals surface area contributed by atoms with E-state index in [1.165, 1.54) is 0 Å². The van der Waals surface area contributed by atoms with Crippen molar-refractivity contribution in [1.82, 2.24) is 19.7 Å². The van der Waals surface area contributed by atoms with Crippen molar-refractivity contribution in [2.24, 2.45) is 0 Å². The molecule has 1 amide bonds. The van der Waals surface area contributed by atoms with Gasteiger partial charge in [0.1, 0.15) is 5.60 Å². The Balaban J connectivity index is 1.22. The molecule has 2 atom stereocenters. The zero-order valence-electron chi connectivity index (χ0n) is 19.6. The quantitative estimate of drug-likeness (QED) is 0.485. The number of nitrogens with zero attached hydrogens (tertiary/aromatic N) is 5. The smallest absolute Gasteiger partial charge is 0.410 e. The van der Waals surface area contributed by atoms with E-state index in [2.05, 4.69) is 32.3 Å². The van der Waals surface area contributed by atoms with Gasteiger partial charge in [0.25, 0.3) is 0 Å². The first-order valence-electron chi connectivity index (χ1n) is 12.2. The molecule has 3 aliphatic rings. The number of rotatable bonds is 4. The maximum atomic E-state index is 13.0. The van der Waals surface area contributed by atoms with Gasteiger partial charge in [-0.1, -0.05) is 11.6 Å². The second-order valence-electron chi connectivity index (χ2n) is 10.2. The molecule has 35 heavy (non-hydrogen) atoms. The molecule has 8 nitrogen and oxygen atoms in total. The Morgan fingerprint density at radius 1 is 1.20 bits per heavy atom. The number of nitriles is 1. The lowest BCUT2D eigenvalue weighted by Gasteiger charge is -2.43. The third-order valence-corrected chi connectivity index (χ3v) is 8.25. The van der Waals surface area contributed by atoms with Crippen molar-refractivity contribution < 1.29 is 9.53 Å². The van der Waals surface area contributed by atoms with Gasteiger partial charge in [0.15, 0.2) is 5.65 Å². The van der Waals surface area contributed by atoms with E-state index in [1.807, 2.05) is 17.9 Å². The van der Waals surface area contributed by atoms with Gasteiger partial charge < -0.3 is 19.5 Å². The minimum absolute atomic E-state index is 0.138. The lowest BCUT2D eigenvalue weighted by Crippen LogP contribution is -2.50. The molecule has 1 saturated carbocycles. The van der Waals surface area contributed by atoms with Gasteiger partial charge in [0.05, 0.1) is 34.2 Å². The van der Waals surface area contributed by atoms with Crippen LogP contribution in [-0.4, -0.2) is 43.4 Å². The number of piperidine rings is 1. The molecule has 6 rings (SSSR count). The van der Waals surface area contributed by atoms with Gasteiger partial charge in [0.2, 0.25) is 0 Å². The summed E-state index contributed by atoms with van der Waals surface area (Å²) in [5.41, 5.74) is 2.55. The minimum Gasteiger partial charge on any atom is -0.443 e. The number of carbonyl (C=O) groups is 1. The molecule has 0 spiro atoms. The maximum absolute atomic E-state index is 13.0. The highest BCUT2D eigenvalue weighted by Gasteiger charge is 2.47. The Labute approximate surface area is 208 Å². The summed E-state index contributed by atoms with van der Waals surface area (Å²) in [5.74, 6) is 0. The number of hydrogen-bond donors (Lipinski definition) is 1. The average Bonchev–Trinajstić information content (AvgIpc) is 3.38. The monoisotopic (exact) mass is 490 g/mol. The van der Waals surface area contributed by atoms with Gasteiger partial charge in [-0.25, -0.2) is 4.79 Å². The normalized spacial score (nSPS) is 24.6. The van der Waals surface area contributed by atoms with Crippen molar-refractivity contribution in [2.75, 3.05) is 5.32 Å². The minimum atomic E-state index is -0.277. The summed E-state index contributed by atoms with van der Waals surface area (Å²) in [6, 6.07) is 9.94. The lowest BCUT2D eigenvalue weighted by atomic mass is 9.82. The number of fused-ring (bicyclic) bond motifs is 3. The van der Waals surface area contributed by atoms with Gasteiger partial charge in [-0.3, -0.25) is 0 Å². The number of anilines is 2. The summed E-state index contributed by atoms with van der Waals surface area (Å²) >= 11 is 6.37. The average molecular weight is 491 g/mol. The number of hydrogen-bond acceptors (Lipinski definition) is 6. The largest absolute Gasteiger partial charge is 0.443 e. The van der Waals surface area contributed by atoms with Crippen LogP contribution in [0.1, 0.15) is 63.5 Å². The summed E-state index contributed by atoms with van der Waals surface area (Å²) < 4.78 is 8.11. The number of aromatic nitrogens is 3. The number of carbonyl (C=O) groups excluding carboxylic acids is 1. The summed E-state index contributed by atoms with van der Waals surface area (Å²) in [6.07, 6.45) is 10.5. The van der Waals surface area contributed by atoms with Crippen LogP contribution in [0, 0.1) is 11.3 Å². The molecule has 0 radical (unpaired) electrons. The highest BCUT2D eigenvalue weighted by Crippen LogP contribution is 2.44. The molecule has 0 unspecified atom stereocenters. The predicted octanol–water partition coefficient (Wildman–Crippen LogP) is 5.95. The number of nitrogens with one attached hydrogen (secondary N) is 1. The topological polar surface area (TPSA) is 96.1 Å². The van der Waals surface area contributed by atoms with Gasteiger partial charge in [-0.2, -0.15) is 10.4 Å². The van der Waals surface area contributed by atoms with Crippen LogP contribution in [-0.2, 0) is 4.74 Å². The molecule has 4 heterocycles. The Kier molecular flexibility index (Phi) is 5.33. The summed E-state index contributed by atoms with van der Waals surface area (Å²) in [5, 5.41) is 22.5. The second-order valence-corrected chi connectivity index (χ2v) is 10.6. The molecular formula is C26H27ClN6O2. The zero-order valence-corrected chi connectivity index (χ0v) is 20.3. The second kappa shape index (κ2) is 8.42. The van der Waals surface area contributed by atoms with Crippen LogP contribution in [0.5, 0.6) is 0 Å². The van der Waals surface area contributed by atoms with Crippen LogP contribution in [0.25, 0.3) is 11.0 Å². The van der Waals surface area contributed by atoms with Crippen molar-refractivity contribution in [3.8, 4) is 6.07 Å². The van der Waals surface area contributed by atoms with E-state index in [9.17, 15) is 4.79 Å². The van der Waals surface area contributed by atoms with E-state index in [0.29, 0.717) is 16.3 Å². The van der Waals surface area contributed by atoms with E-state index in [-0.39, 0.29) is 29.8 Å². The van der Waals surface area contributed by atoms with Gasteiger partial charge in [-0.15, -0.1) is 5.10 Å². The first-order chi connectivity index (χ1) is 16.9. The molecule has 1 aliphatic carbocycles. The van der Waals surface area contributed by atoms with E-state index in [4.69, 9.17) is 21.6 Å². The fraction of sp³-hybridized carbons (Fsp3) is 0.462. The zero-order chi connectivity index (χ0) is 24.2. The maximum Gasteiger partial charge on any atom is 0.410 e. The number of halogens is 1. The van der Waals surface area contributed by atoms with Gasteiger partial charge >= 0.3 is 6.09 Å². The molecule has 2 bridgehead atoms. The Morgan fingerprint density at radius 2 is 1.97 bits per heavy atom. The predicted molar refractivity (Wildman–Crippen MR) is 133 cm³/mol. The highest BCUT2D eigenvalue weighted by atomic mass is 35.5. The summed E-state index contributed by atoms with van der Waals surface area (Å²) in [6.45, 7) is 2.05. The van der Waals surface area contributed by atoms with Crippen LogP contribution >= 0.6 is 11.6 Å². The summed E-state index contributed by atoms with van der Waals surface area (Å²) in [7, 11) is 0. The van der Waals surface area contributed by atoms with Crippen molar-refractivity contribution in [3.05, 3.63) is 47.2 Å². The molecule has 2 aromatic heterocycles. The molecule has 3 fully saturated rings. The van der Waals surface area contributed by atoms with Crippen LogP contribution in [0.2, 0.25) is 5.02 Å². The van der Waals surface area contributed by atoms with Crippen LogP contribution in [0.4, 0.5) is 16.2 Å². The lowest BCUT2D eigenvalue weighted by molar-refractivity contribution is -0.0577. The molecule has 1 aromatic carbocycles. The Morgan fingerprint density at radius 3 is 2.63 bits per heavy atom. The van der Waals surface area contributed by atoms with E-state index in [0.717, 1.165) is 61.7 Å². The highest BCUT2D eigenvalue weighted by molar-refractivity contribution is 6.33. The molecule has 9 heteroatoms. The third-order valence-electron chi connectivity index (χ3n) is 7.94. The van der Waals surface area contributed by atoms with E-state index >= 15 is 0 Å². The molecule has 3 aromatic rings. The molecule has 1 N–H and O–H groups in total. The molecule has 180 valence electrons. The Hall–Kier alpha value is -3.31. The van der Waals surface area contributed by atoms with E-state index < -0.39 is 0 Å². The van der Waals surface area contributed by atoms with Crippen molar-refractivity contribution in [2.45, 2.75) is 75.6 Å². The van der Waals surface area contributed by atoms with Crippen molar-refractivity contribution in [1.29, 1.82) is 5.26 Å². The fourth-order valence-corrected chi connectivity index (χ4v) is 6.13. The first-order valence-corrected chi connectivity index (χ1v) is 12.6. The summed E-state index contributed by atoms with van der Waals surface area (Å²) in [4.78, 5) is 15.0. The first kappa shape index (κ1) is 22.2. The fourth-order valence-electron chi connectivity index (χ4n) is 5.90. The number of amides is 1. The van der Waals surface area contributed by atoms with Crippen LogP contribution in [0.15, 0.2) is 36.7 Å². The SMILES string of the molecule is CC1(OC(=O)N2[C@H]3CC[C@H]2CC(n2ccc4c(Nc5ccc(C#N)cc5Cl)cnnc42)C3)CCC1. The molecular weight excluding hydrogens is 464 g/mol. The van der Waals surface area contributed by atoms with E-state index in [1.54, 1.807) is 24.4 Å². The molecule has 2 saturated heterocycles. The molecule has 2 aliphatic heterocycles. The van der Waals surface area contributed by atoms with Crippen molar-refractivity contribution in [3.63, 3.8) is 0 Å².